The molecule has 0 amide bonds. The van der Waals surface area contributed by atoms with E-state index in [-0.39, 0.29) is 0 Å². The van der Waals surface area contributed by atoms with E-state index >= 15 is 0 Å². The third-order valence-corrected chi connectivity index (χ3v) is 5.31. The zero-order valence-corrected chi connectivity index (χ0v) is 12.0. The van der Waals surface area contributed by atoms with Crippen molar-refractivity contribution in [3.05, 3.63) is 0 Å². The minimum absolute atomic E-state index is 0.478. The van der Waals surface area contributed by atoms with Crippen LogP contribution in [0.3, 0.4) is 0 Å². The Balaban J connectivity index is 1.50. The Kier molecular flexibility index (Phi) is 3.92. The van der Waals surface area contributed by atoms with Crippen LogP contribution >= 0.6 is 0 Å². The quantitative estimate of drug-likeness (QED) is 0.746. The molecule has 1 saturated carbocycles. The van der Waals surface area contributed by atoms with E-state index in [4.69, 9.17) is 4.74 Å². The minimum Gasteiger partial charge on any atom is -0.374 e. The van der Waals surface area contributed by atoms with E-state index in [1.165, 1.54) is 45.3 Å². The minimum atomic E-state index is 0.478. The lowest BCUT2D eigenvalue weighted by Gasteiger charge is -2.33. The van der Waals surface area contributed by atoms with E-state index in [1.54, 1.807) is 0 Å². The fraction of sp³-hybridized carbons (Fsp3) is 1.00. The van der Waals surface area contributed by atoms with Crippen molar-refractivity contribution in [3.8, 4) is 0 Å². The molecule has 0 bridgehead atoms. The standard InChI is InChI=1S/C15H28N2O/c1-12-3-5-13(6-4-12)9-17-10-14-15(11-17)18-8-7-16(14)2/h12-15H,3-11H2,1-2H3. The van der Waals surface area contributed by atoms with Gasteiger partial charge in [-0.2, -0.15) is 0 Å². The van der Waals surface area contributed by atoms with Gasteiger partial charge in [-0.15, -0.1) is 0 Å². The van der Waals surface area contributed by atoms with Crippen LogP contribution in [0.25, 0.3) is 0 Å². The van der Waals surface area contributed by atoms with Crippen molar-refractivity contribution in [1.82, 2.24) is 9.80 Å². The smallest absolute Gasteiger partial charge is 0.0869 e. The molecule has 3 rings (SSSR count). The molecule has 3 heteroatoms. The monoisotopic (exact) mass is 252 g/mol. The van der Waals surface area contributed by atoms with Crippen LogP contribution in [-0.2, 0) is 4.74 Å². The zero-order valence-electron chi connectivity index (χ0n) is 12.0. The molecule has 3 fully saturated rings. The topological polar surface area (TPSA) is 15.7 Å². The van der Waals surface area contributed by atoms with Crippen LogP contribution < -0.4 is 0 Å². The fourth-order valence-corrected chi connectivity index (χ4v) is 3.96. The van der Waals surface area contributed by atoms with Gasteiger partial charge in [0.2, 0.25) is 0 Å². The van der Waals surface area contributed by atoms with E-state index in [1.807, 2.05) is 0 Å². The summed E-state index contributed by atoms with van der Waals surface area (Å²) in [7, 11) is 2.26. The van der Waals surface area contributed by atoms with Crippen molar-refractivity contribution >= 4 is 0 Å². The Morgan fingerprint density at radius 1 is 1.11 bits per heavy atom. The third-order valence-electron chi connectivity index (χ3n) is 5.31. The third kappa shape index (κ3) is 2.73. The Hall–Kier alpha value is -0.120. The van der Waals surface area contributed by atoms with E-state index in [2.05, 4.69) is 23.8 Å². The van der Waals surface area contributed by atoms with Gasteiger partial charge >= 0.3 is 0 Å². The molecule has 18 heavy (non-hydrogen) atoms. The van der Waals surface area contributed by atoms with Crippen molar-refractivity contribution in [2.24, 2.45) is 11.8 Å². The number of ether oxygens (including phenoxy) is 1. The molecule has 3 nitrogen and oxygen atoms in total. The molecule has 2 saturated heterocycles. The Bertz CT molecular complexity index is 276. The summed E-state index contributed by atoms with van der Waals surface area (Å²) < 4.78 is 5.93. The molecule has 2 unspecified atom stereocenters. The van der Waals surface area contributed by atoms with E-state index in [0.717, 1.165) is 25.0 Å². The summed E-state index contributed by atoms with van der Waals surface area (Å²) in [5.74, 6) is 1.92. The Morgan fingerprint density at radius 3 is 2.61 bits per heavy atom. The van der Waals surface area contributed by atoms with Gasteiger partial charge in [0.25, 0.3) is 0 Å². The van der Waals surface area contributed by atoms with Crippen LogP contribution in [0.4, 0.5) is 0 Å². The molecular formula is C15H28N2O. The Labute approximate surface area is 111 Å². The van der Waals surface area contributed by atoms with E-state index in [9.17, 15) is 0 Å². The predicted molar refractivity (Wildman–Crippen MR) is 73.7 cm³/mol. The van der Waals surface area contributed by atoms with Crippen molar-refractivity contribution in [3.63, 3.8) is 0 Å². The molecule has 2 aliphatic heterocycles. The first kappa shape index (κ1) is 12.9. The zero-order chi connectivity index (χ0) is 12.5. The van der Waals surface area contributed by atoms with Crippen LogP contribution in [-0.4, -0.2) is 61.8 Å². The van der Waals surface area contributed by atoms with Crippen molar-refractivity contribution in [1.29, 1.82) is 0 Å². The second-order valence-electron chi connectivity index (χ2n) is 6.80. The van der Waals surface area contributed by atoms with Gasteiger partial charge in [-0.25, -0.2) is 0 Å². The summed E-state index contributed by atoms with van der Waals surface area (Å²) in [4.78, 5) is 5.16. The summed E-state index contributed by atoms with van der Waals surface area (Å²) in [6.45, 7) is 8.15. The summed E-state index contributed by atoms with van der Waals surface area (Å²) in [6, 6.07) is 0.654. The molecule has 3 aliphatic rings. The molecule has 2 heterocycles. The van der Waals surface area contributed by atoms with Crippen molar-refractivity contribution in [2.45, 2.75) is 44.8 Å². The summed E-state index contributed by atoms with van der Waals surface area (Å²) >= 11 is 0. The van der Waals surface area contributed by atoms with Crippen LogP contribution in [0.5, 0.6) is 0 Å². The van der Waals surface area contributed by atoms with E-state index in [0.29, 0.717) is 12.1 Å². The van der Waals surface area contributed by atoms with Crippen LogP contribution in [0, 0.1) is 11.8 Å². The highest BCUT2D eigenvalue weighted by atomic mass is 16.5. The highest BCUT2D eigenvalue weighted by Gasteiger charge is 2.39. The number of hydrogen-bond donors (Lipinski definition) is 0. The highest BCUT2D eigenvalue weighted by molar-refractivity contribution is 4.94. The molecule has 0 spiro atoms. The van der Waals surface area contributed by atoms with Gasteiger partial charge in [0.15, 0.2) is 0 Å². The number of rotatable bonds is 2. The SMILES string of the molecule is CC1CCC(CN2CC3OCCN(C)C3C2)CC1. The Morgan fingerprint density at radius 2 is 1.89 bits per heavy atom. The van der Waals surface area contributed by atoms with Crippen molar-refractivity contribution in [2.75, 3.05) is 39.8 Å². The first-order valence-corrected chi connectivity index (χ1v) is 7.76. The molecule has 0 aromatic rings. The van der Waals surface area contributed by atoms with Gasteiger partial charge in [-0.3, -0.25) is 9.80 Å². The molecule has 0 aromatic heterocycles. The predicted octanol–water partition coefficient (Wildman–Crippen LogP) is 1.83. The maximum Gasteiger partial charge on any atom is 0.0869 e. The lowest BCUT2D eigenvalue weighted by molar-refractivity contribution is -0.0370. The number of fused-ring (bicyclic) bond motifs is 1. The van der Waals surface area contributed by atoms with Gasteiger partial charge in [-0.05, 0) is 31.7 Å². The molecule has 2 atom stereocenters. The van der Waals surface area contributed by atoms with Gasteiger partial charge in [0.05, 0.1) is 12.7 Å². The first-order chi connectivity index (χ1) is 8.72. The lowest BCUT2D eigenvalue weighted by Crippen LogP contribution is -2.48. The lowest BCUT2D eigenvalue weighted by atomic mass is 9.83. The van der Waals surface area contributed by atoms with Crippen LogP contribution in [0.15, 0.2) is 0 Å². The number of likely N-dealkylation sites (tertiary alicyclic amines) is 1. The maximum atomic E-state index is 5.93. The first-order valence-electron chi connectivity index (χ1n) is 7.76. The molecule has 0 aromatic carbocycles. The van der Waals surface area contributed by atoms with Gasteiger partial charge in [-0.1, -0.05) is 19.8 Å². The van der Waals surface area contributed by atoms with Crippen molar-refractivity contribution < 1.29 is 4.74 Å². The molecule has 1 aliphatic carbocycles. The average molecular weight is 252 g/mol. The second kappa shape index (κ2) is 5.48. The largest absolute Gasteiger partial charge is 0.374 e. The number of morpholine rings is 1. The summed E-state index contributed by atoms with van der Waals surface area (Å²) in [5, 5.41) is 0. The number of likely N-dealkylation sites (N-methyl/N-ethyl adjacent to an activating group) is 1. The molecular weight excluding hydrogens is 224 g/mol. The highest BCUT2D eigenvalue weighted by Crippen LogP contribution is 2.30. The molecule has 0 radical (unpaired) electrons. The fourth-order valence-electron chi connectivity index (χ4n) is 3.96. The number of nitrogens with zero attached hydrogens (tertiary/aromatic N) is 2. The van der Waals surface area contributed by atoms with Gasteiger partial charge in [0, 0.05) is 32.2 Å². The van der Waals surface area contributed by atoms with Gasteiger partial charge < -0.3 is 4.74 Å². The molecule has 104 valence electrons. The molecule has 0 N–H and O–H groups in total. The van der Waals surface area contributed by atoms with Crippen LogP contribution in [0.2, 0.25) is 0 Å². The summed E-state index contributed by atoms with van der Waals surface area (Å²) in [6.07, 6.45) is 6.27. The number of hydrogen-bond acceptors (Lipinski definition) is 3. The average Bonchev–Trinajstić information content (AvgIpc) is 2.76. The normalized spacial score (nSPS) is 43.0. The van der Waals surface area contributed by atoms with Gasteiger partial charge in [0.1, 0.15) is 0 Å². The maximum absolute atomic E-state index is 5.93. The van der Waals surface area contributed by atoms with Crippen LogP contribution in [0.1, 0.15) is 32.6 Å². The van der Waals surface area contributed by atoms with E-state index < -0.39 is 0 Å². The summed E-state index contributed by atoms with van der Waals surface area (Å²) in [5.41, 5.74) is 0. The second-order valence-corrected chi connectivity index (χ2v) is 6.80.